The van der Waals surface area contributed by atoms with E-state index < -0.39 is 18.1 Å². The van der Waals surface area contributed by atoms with E-state index in [2.05, 4.69) is 21.7 Å². The first kappa shape index (κ1) is 26.3. The maximum atomic E-state index is 15.1. The van der Waals surface area contributed by atoms with E-state index >= 15 is 4.39 Å². The number of nitrogens with zero attached hydrogens (tertiary/aromatic N) is 2. The van der Waals surface area contributed by atoms with Gasteiger partial charge < -0.3 is 24.0 Å². The van der Waals surface area contributed by atoms with Gasteiger partial charge in [-0.1, -0.05) is 24.2 Å². The number of anilines is 1. The van der Waals surface area contributed by atoms with Gasteiger partial charge >= 0.3 is 12.3 Å². The number of hydrogen-bond donors (Lipinski definition) is 1. The van der Waals surface area contributed by atoms with Crippen LogP contribution in [0.5, 0.6) is 5.75 Å². The molecule has 4 fully saturated rings. The van der Waals surface area contributed by atoms with Gasteiger partial charge in [-0.25, -0.2) is 9.18 Å². The molecule has 2 bridgehead atoms. The third-order valence-corrected chi connectivity index (χ3v) is 9.06. The molecular weight excluding hydrogens is 544 g/mol. The van der Waals surface area contributed by atoms with Crippen LogP contribution in [0.1, 0.15) is 60.2 Å². The summed E-state index contributed by atoms with van der Waals surface area (Å²) in [5.41, 5.74) is 1.43. The zero-order valence-corrected chi connectivity index (χ0v) is 22.1. The molecule has 2 saturated carbocycles. The van der Waals surface area contributed by atoms with Crippen molar-refractivity contribution in [2.24, 2.45) is 17.8 Å². The lowest BCUT2D eigenvalue weighted by Crippen LogP contribution is -2.43. The summed E-state index contributed by atoms with van der Waals surface area (Å²) < 4.78 is 70.8. The van der Waals surface area contributed by atoms with E-state index in [1.807, 2.05) is 0 Å². The Balaban J connectivity index is 1.13. The molecule has 11 heteroatoms. The molecule has 0 amide bonds. The zero-order chi connectivity index (χ0) is 28.6. The number of alkyl halides is 3. The number of hydrogen-bond acceptors (Lipinski definition) is 6. The van der Waals surface area contributed by atoms with Crippen molar-refractivity contribution in [1.29, 1.82) is 0 Å². The summed E-state index contributed by atoms with van der Waals surface area (Å²) >= 11 is 0. The van der Waals surface area contributed by atoms with Gasteiger partial charge in [-0.15, -0.1) is 13.2 Å². The van der Waals surface area contributed by atoms with Gasteiger partial charge in [0.1, 0.15) is 23.0 Å². The summed E-state index contributed by atoms with van der Waals surface area (Å²) in [6.07, 6.45) is -1.37. The number of piperidine rings is 1. The summed E-state index contributed by atoms with van der Waals surface area (Å²) in [6.45, 7) is 2.29. The molecule has 7 nitrogen and oxygen atoms in total. The number of aromatic carboxylic acids is 1. The highest BCUT2D eigenvalue weighted by Gasteiger charge is 2.65. The zero-order valence-electron chi connectivity index (χ0n) is 22.1. The number of carboxylic acids is 1. The van der Waals surface area contributed by atoms with Crippen LogP contribution in [0.25, 0.3) is 11.3 Å². The molecule has 3 aromatic rings. The van der Waals surface area contributed by atoms with Crippen LogP contribution in [0, 0.1) is 23.6 Å². The van der Waals surface area contributed by atoms with Crippen molar-refractivity contribution in [3.63, 3.8) is 0 Å². The molecular formula is C30H28F4N2O5. The van der Waals surface area contributed by atoms with E-state index in [1.54, 1.807) is 12.1 Å². The topological polar surface area (TPSA) is 85.0 Å². The molecule has 6 atom stereocenters. The van der Waals surface area contributed by atoms with Crippen molar-refractivity contribution in [3.8, 4) is 17.0 Å². The fraction of sp³-hybridized carbons (Fsp3) is 0.467. The highest BCUT2D eigenvalue weighted by atomic mass is 19.4. The minimum absolute atomic E-state index is 0.0414. The lowest BCUT2D eigenvalue weighted by molar-refractivity contribution is -0.274. The number of benzene rings is 2. The number of halogens is 4. The largest absolute Gasteiger partial charge is 0.573 e. The molecule has 216 valence electrons. The van der Waals surface area contributed by atoms with Crippen molar-refractivity contribution < 1.29 is 41.5 Å². The van der Waals surface area contributed by atoms with E-state index in [1.165, 1.54) is 24.3 Å². The van der Waals surface area contributed by atoms with Gasteiger partial charge in [0.25, 0.3) is 0 Å². The molecule has 2 aromatic carbocycles. The Morgan fingerprint density at radius 1 is 1.17 bits per heavy atom. The quantitative estimate of drug-likeness (QED) is 0.298. The first-order valence-corrected chi connectivity index (χ1v) is 13.9. The third kappa shape index (κ3) is 4.64. The normalized spacial score (nSPS) is 28.5. The molecule has 1 aromatic heterocycles. The van der Waals surface area contributed by atoms with E-state index in [4.69, 9.17) is 9.26 Å². The van der Waals surface area contributed by atoms with Crippen LogP contribution in [-0.4, -0.2) is 40.8 Å². The van der Waals surface area contributed by atoms with Crippen LogP contribution in [-0.2, 0) is 11.3 Å². The number of para-hydroxylation sites is 1. The molecule has 7 rings (SSSR count). The molecule has 4 aliphatic rings. The van der Waals surface area contributed by atoms with E-state index in [9.17, 15) is 23.1 Å². The SMILES string of the molecule is C[C@@H]1CC2CC3C(C1N2c1ccc(C(=O)O)cc1F)[C@H]3OCc1c(-c2ccccc2OC(F)(F)F)noc1C1CC1. The monoisotopic (exact) mass is 572 g/mol. The molecule has 2 aliphatic carbocycles. The maximum Gasteiger partial charge on any atom is 0.573 e. The van der Waals surface area contributed by atoms with Crippen LogP contribution in [0.4, 0.5) is 23.2 Å². The fourth-order valence-corrected chi connectivity index (χ4v) is 7.23. The highest BCUT2D eigenvalue weighted by molar-refractivity contribution is 5.88. The molecule has 2 saturated heterocycles. The smallest absolute Gasteiger partial charge is 0.478 e. The number of rotatable bonds is 8. The van der Waals surface area contributed by atoms with Crippen LogP contribution in [0.3, 0.4) is 0 Å². The molecule has 1 N–H and O–H groups in total. The first-order valence-electron chi connectivity index (χ1n) is 13.9. The van der Waals surface area contributed by atoms with E-state index in [0.29, 0.717) is 28.8 Å². The number of aromatic nitrogens is 1. The van der Waals surface area contributed by atoms with Crippen molar-refractivity contribution in [1.82, 2.24) is 5.16 Å². The molecule has 0 spiro atoms. The lowest BCUT2D eigenvalue weighted by Gasteiger charge is -2.37. The average molecular weight is 573 g/mol. The number of carboxylic acid groups (broad SMARTS) is 1. The Labute approximate surface area is 233 Å². The van der Waals surface area contributed by atoms with Gasteiger partial charge in [0, 0.05) is 35.0 Å². The number of fused-ring (bicyclic) bond motifs is 4. The van der Waals surface area contributed by atoms with Crippen LogP contribution < -0.4 is 9.64 Å². The minimum atomic E-state index is -4.85. The Morgan fingerprint density at radius 2 is 1.95 bits per heavy atom. The van der Waals surface area contributed by atoms with Gasteiger partial charge in [0.15, 0.2) is 0 Å². The summed E-state index contributed by atoms with van der Waals surface area (Å²) in [7, 11) is 0. The number of carbonyl (C=O) groups is 1. The second kappa shape index (κ2) is 9.47. The molecule has 0 radical (unpaired) electrons. The molecule has 2 aliphatic heterocycles. The van der Waals surface area contributed by atoms with Gasteiger partial charge in [0.2, 0.25) is 0 Å². The average Bonchev–Trinajstić information content (AvgIpc) is 3.81. The van der Waals surface area contributed by atoms with Gasteiger partial charge in [0.05, 0.1) is 24.0 Å². The second-order valence-electron chi connectivity index (χ2n) is 11.7. The van der Waals surface area contributed by atoms with Crippen molar-refractivity contribution >= 4 is 11.7 Å². The summed E-state index contributed by atoms with van der Waals surface area (Å²) in [4.78, 5) is 13.4. The number of ether oxygens (including phenoxy) is 2. The first-order chi connectivity index (χ1) is 19.6. The van der Waals surface area contributed by atoms with Gasteiger partial charge in [-0.05, 0) is 67.9 Å². The van der Waals surface area contributed by atoms with Crippen LogP contribution >= 0.6 is 0 Å². The van der Waals surface area contributed by atoms with Crippen LogP contribution in [0.15, 0.2) is 47.0 Å². The third-order valence-electron chi connectivity index (χ3n) is 9.06. The highest BCUT2D eigenvalue weighted by Crippen LogP contribution is 2.60. The molecule has 41 heavy (non-hydrogen) atoms. The Hall–Kier alpha value is -3.60. The predicted molar refractivity (Wildman–Crippen MR) is 138 cm³/mol. The predicted octanol–water partition coefficient (Wildman–Crippen LogP) is 6.77. The molecule has 4 unspecified atom stereocenters. The Kier molecular flexibility index (Phi) is 6.08. The molecule has 3 heterocycles. The Morgan fingerprint density at radius 3 is 2.66 bits per heavy atom. The Bertz CT molecular complexity index is 1500. The van der Waals surface area contributed by atoms with E-state index in [-0.39, 0.29) is 59.2 Å². The van der Waals surface area contributed by atoms with Crippen molar-refractivity contribution in [2.75, 3.05) is 4.90 Å². The maximum absolute atomic E-state index is 15.1. The summed E-state index contributed by atoms with van der Waals surface area (Å²) in [5.74, 6) is -0.521. The lowest BCUT2D eigenvalue weighted by atomic mass is 9.97. The van der Waals surface area contributed by atoms with Crippen molar-refractivity contribution in [2.45, 2.75) is 69.7 Å². The fourth-order valence-electron chi connectivity index (χ4n) is 7.23. The van der Waals surface area contributed by atoms with Crippen molar-refractivity contribution in [3.05, 3.63) is 65.2 Å². The standard InChI is InChI=1S/C30H28F4N2O5/c1-14-10-17-12-19-24(26(14)36(17)22-9-8-16(29(37)38)11-21(22)31)28(19)39-13-20-25(35-41-27(20)15-6-7-15)18-4-2-3-5-23(18)40-30(32,33)34/h2-5,8-9,11,14-15,17,19,24,26,28H,6-7,10,12-13H2,1H3,(H,37,38)/t14-,17?,19?,24?,26?,28+/m1/s1. The summed E-state index contributed by atoms with van der Waals surface area (Å²) in [5, 5.41) is 13.4. The van der Waals surface area contributed by atoms with E-state index in [0.717, 1.165) is 31.7 Å². The summed E-state index contributed by atoms with van der Waals surface area (Å²) in [6, 6.07) is 10.1. The van der Waals surface area contributed by atoms with Crippen LogP contribution in [0.2, 0.25) is 0 Å². The van der Waals surface area contributed by atoms with Gasteiger partial charge in [-0.3, -0.25) is 0 Å². The van der Waals surface area contributed by atoms with Gasteiger partial charge in [-0.2, -0.15) is 0 Å². The minimum Gasteiger partial charge on any atom is -0.478 e. The second-order valence-corrected chi connectivity index (χ2v) is 11.7.